The summed E-state index contributed by atoms with van der Waals surface area (Å²) in [5, 5.41) is 7.34. The molecule has 0 amide bonds. The van der Waals surface area contributed by atoms with Crippen LogP contribution in [0, 0.1) is 0 Å². The number of hydrogen-bond donors (Lipinski definition) is 1. The quantitative estimate of drug-likeness (QED) is 0.782. The van der Waals surface area contributed by atoms with E-state index in [1.807, 2.05) is 22.3 Å². The average Bonchev–Trinajstić information content (AvgIpc) is 3.09. The van der Waals surface area contributed by atoms with Crippen LogP contribution in [-0.4, -0.2) is 14.8 Å². The monoisotopic (exact) mass is 284 g/mol. The third kappa shape index (κ3) is 2.88. The fraction of sp³-hybridized carbons (Fsp3) is 0.200. The first-order valence-corrected chi connectivity index (χ1v) is 7.47. The maximum Gasteiger partial charge on any atom is 0.145 e. The molecule has 0 atom stereocenters. The number of nitrogen functional groups attached to an aromatic ring is 1. The molecule has 5 heteroatoms. The highest BCUT2D eigenvalue weighted by molar-refractivity contribution is 7.13. The minimum atomic E-state index is 0.694. The van der Waals surface area contributed by atoms with E-state index in [0.717, 1.165) is 30.1 Å². The topological polar surface area (TPSA) is 56.7 Å². The smallest absolute Gasteiger partial charge is 0.145 e. The van der Waals surface area contributed by atoms with Crippen molar-refractivity contribution in [3.63, 3.8) is 0 Å². The first kappa shape index (κ1) is 12.9. The number of hydrogen-bond acceptors (Lipinski definition) is 4. The van der Waals surface area contributed by atoms with Crippen molar-refractivity contribution in [3.8, 4) is 10.7 Å². The molecule has 102 valence electrons. The normalized spacial score (nSPS) is 10.8. The van der Waals surface area contributed by atoms with Crippen molar-refractivity contribution in [2.24, 2.45) is 0 Å². The predicted molar refractivity (Wildman–Crippen MR) is 82.5 cm³/mol. The maximum absolute atomic E-state index is 6.00. The van der Waals surface area contributed by atoms with E-state index in [-0.39, 0.29) is 0 Å². The number of anilines is 1. The van der Waals surface area contributed by atoms with Crippen LogP contribution < -0.4 is 5.73 Å². The zero-order valence-electron chi connectivity index (χ0n) is 11.1. The van der Waals surface area contributed by atoms with E-state index in [2.05, 4.69) is 34.3 Å². The molecule has 0 saturated carbocycles. The Balaban J connectivity index is 1.63. The van der Waals surface area contributed by atoms with E-state index in [1.165, 1.54) is 5.56 Å². The fourth-order valence-electron chi connectivity index (χ4n) is 2.15. The molecule has 0 fully saturated rings. The van der Waals surface area contributed by atoms with Gasteiger partial charge in [-0.05, 0) is 18.4 Å². The molecule has 20 heavy (non-hydrogen) atoms. The number of rotatable bonds is 5. The van der Waals surface area contributed by atoms with Gasteiger partial charge in [0, 0.05) is 24.3 Å². The minimum Gasteiger partial charge on any atom is -0.396 e. The molecule has 0 radical (unpaired) electrons. The lowest BCUT2D eigenvalue weighted by Gasteiger charge is -2.01. The van der Waals surface area contributed by atoms with Gasteiger partial charge in [-0.25, -0.2) is 4.98 Å². The molecule has 0 saturated heterocycles. The first-order chi connectivity index (χ1) is 9.83. The molecule has 0 unspecified atom stereocenters. The lowest BCUT2D eigenvalue weighted by atomic mass is 10.1. The molecule has 0 aliphatic rings. The summed E-state index contributed by atoms with van der Waals surface area (Å²) < 4.78 is 1.91. The van der Waals surface area contributed by atoms with Crippen molar-refractivity contribution >= 4 is 17.0 Å². The summed E-state index contributed by atoms with van der Waals surface area (Å²) in [6.45, 7) is 0.866. The third-order valence-electron chi connectivity index (χ3n) is 3.12. The summed E-state index contributed by atoms with van der Waals surface area (Å²) >= 11 is 1.56. The third-order valence-corrected chi connectivity index (χ3v) is 3.90. The average molecular weight is 284 g/mol. The van der Waals surface area contributed by atoms with Gasteiger partial charge in [-0.1, -0.05) is 30.3 Å². The lowest BCUT2D eigenvalue weighted by molar-refractivity contribution is 0.580. The van der Waals surface area contributed by atoms with Gasteiger partial charge in [0.25, 0.3) is 0 Å². The molecule has 1 aromatic carbocycles. The van der Waals surface area contributed by atoms with Crippen molar-refractivity contribution < 1.29 is 0 Å². The largest absolute Gasteiger partial charge is 0.396 e. The van der Waals surface area contributed by atoms with Gasteiger partial charge in [0.2, 0.25) is 0 Å². The van der Waals surface area contributed by atoms with Crippen molar-refractivity contribution in [2.75, 3.05) is 5.73 Å². The van der Waals surface area contributed by atoms with Gasteiger partial charge in [-0.3, -0.25) is 4.68 Å². The zero-order chi connectivity index (χ0) is 13.8. The van der Waals surface area contributed by atoms with Gasteiger partial charge in [0.1, 0.15) is 10.7 Å². The van der Waals surface area contributed by atoms with E-state index in [0.29, 0.717) is 5.69 Å². The van der Waals surface area contributed by atoms with Crippen LogP contribution in [0.15, 0.2) is 48.1 Å². The fourth-order valence-corrected chi connectivity index (χ4v) is 2.79. The van der Waals surface area contributed by atoms with E-state index in [1.54, 1.807) is 17.5 Å². The molecule has 2 aromatic heterocycles. The van der Waals surface area contributed by atoms with Crippen LogP contribution in [0.2, 0.25) is 0 Å². The molecule has 0 aliphatic carbocycles. The first-order valence-electron chi connectivity index (χ1n) is 6.59. The molecule has 3 aromatic rings. The van der Waals surface area contributed by atoms with Gasteiger partial charge in [0.05, 0.1) is 5.69 Å². The summed E-state index contributed by atoms with van der Waals surface area (Å²) in [7, 11) is 0. The van der Waals surface area contributed by atoms with Crippen LogP contribution in [-0.2, 0) is 13.0 Å². The Kier molecular flexibility index (Phi) is 3.78. The molecule has 2 heterocycles. The van der Waals surface area contributed by atoms with Crippen LogP contribution in [0.25, 0.3) is 10.7 Å². The number of aromatic nitrogens is 3. The molecular formula is C15H16N4S. The van der Waals surface area contributed by atoms with Gasteiger partial charge in [-0.2, -0.15) is 5.10 Å². The summed E-state index contributed by atoms with van der Waals surface area (Å²) in [5.74, 6) is 0. The second-order valence-corrected chi connectivity index (χ2v) is 5.52. The Morgan fingerprint density at radius 1 is 1.20 bits per heavy atom. The number of aryl methyl sites for hydroxylation is 2. The predicted octanol–water partition coefficient (Wildman–Crippen LogP) is 3.22. The van der Waals surface area contributed by atoms with Crippen molar-refractivity contribution in [2.45, 2.75) is 19.4 Å². The molecule has 4 nitrogen and oxygen atoms in total. The number of nitrogens with zero attached hydrogens (tertiary/aromatic N) is 3. The zero-order valence-corrected chi connectivity index (χ0v) is 11.9. The summed E-state index contributed by atoms with van der Waals surface area (Å²) in [4.78, 5) is 4.25. The van der Waals surface area contributed by atoms with Gasteiger partial charge in [-0.15, -0.1) is 11.3 Å². The number of thiazole rings is 1. The van der Waals surface area contributed by atoms with Crippen LogP contribution >= 0.6 is 11.3 Å². The van der Waals surface area contributed by atoms with Crippen molar-refractivity contribution in [3.05, 3.63) is 53.7 Å². The maximum atomic E-state index is 6.00. The van der Waals surface area contributed by atoms with Gasteiger partial charge in [0.15, 0.2) is 0 Å². The molecule has 3 rings (SSSR count). The lowest BCUT2D eigenvalue weighted by Crippen LogP contribution is -2.00. The minimum absolute atomic E-state index is 0.694. The standard InChI is InChI=1S/C15H16N4S/c16-13-11-19(18-14(13)15-17-8-10-20-15)9-4-7-12-5-2-1-3-6-12/h1-3,5-6,8,10-11H,4,7,9,16H2. The molecular weight excluding hydrogens is 268 g/mol. The van der Waals surface area contributed by atoms with Crippen molar-refractivity contribution in [1.82, 2.24) is 14.8 Å². The highest BCUT2D eigenvalue weighted by Gasteiger charge is 2.10. The van der Waals surface area contributed by atoms with E-state index in [4.69, 9.17) is 5.73 Å². The van der Waals surface area contributed by atoms with E-state index in [9.17, 15) is 0 Å². The Morgan fingerprint density at radius 3 is 2.80 bits per heavy atom. The Morgan fingerprint density at radius 2 is 2.05 bits per heavy atom. The summed E-state index contributed by atoms with van der Waals surface area (Å²) in [6, 6.07) is 10.5. The second-order valence-electron chi connectivity index (χ2n) is 4.62. The van der Waals surface area contributed by atoms with E-state index < -0.39 is 0 Å². The van der Waals surface area contributed by atoms with E-state index >= 15 is 0 Å². The second kappa shape index (κ2) is 5.88. The summed E-state index contributed by atoms with van der Waals surface area (Å²) in [6.07, 6.45) is 5.76. The van der Waals surface area contributed by atoms with Crippen LogP contribution in [0.5, 0.6) is 0 Å². The Hall–Kier alpha value is -2.14. The Bertz CT molecular complexity index is 659. The van der Waals surface area contributed by atoms with Crippen LogP contribution in [0.4, 0.5) is 5.69 Å². The van der Waals surface area contributed by atoms with Gasteiger partial charge >= 0.3 is 0 Å². The van der Waals surface area contributed by atoms with Crippen LogP contribution in [0.1, 0.15) is 12.0 Å². The van der Waals surface area contributed by atoms with Crippen LogP contribution in [0.3, 0.4) is 0 Å². The summed E-state index contributed by atoms with van der Waals surface area (Å²) in [5.41, 5.74) is 8.84. The SMILES string of the molecule is Nc1cn(CCCc2ccccc2)nc1-c1nccs1. The Labute approximate surface area is 121 Å². The molecule has 2 N–H and O–H groups in total. The number of nitrogens with two attached hydrogens (primary N) is 1. The van der Waals surface area contributed by atoms with Crippen molar-refractivity contribution in [1.29, 1.82) is 0 Å². The number of benzene rings is 1. The molecule has 0 spiro atoms. The molecule has 0 bridgehead atoms. The van der Waals surface area contributed by atoms with Gasteiger partial charge < -0.3 is 5.73 Å². The molecule has 0 aliphatic heterocycles. The highest BCUT2D eigenvalue weighted by Crippen LogP contribution is 2.25. The highest BCUT2D eigenvalue weighted by atomic mass is 32.1.